The third-order valence-electron chi connectivity index (χ3n) is 3.10. The Hall–Kier alpha value is -1.94. The summed E-state index contributed by atoms with van der Waals surface area (Å²) in [5.74, 6) is 0.0196. The molecule has 0 aliphatic heterocycles. The first kappa shape index (κ1) is 13.5. The molecule has 0 unspecified atom stereocenters. The Labute approximate surface area is 113 Å². The summed E-state index contributed by atoms with van der Waals surface area (Å²) < 4.78 is 0. The summed E-state index contributed by atoms with van der Waals surface area (Å²) in [6.45, 7) is 5.03. The fourth-order valence-corrected chi connectivity index (χ4v) is 2.11. The van der Waals surface area contributed by atoms with Crippen LogP contribution in [0.15, 0.2) is 36.5 Å². The van der Waals surface area contributed by atoms with Crippen molar-refractivity contribution in [1.82, 2.24) is 9.88 Å². The third kappa shape index (κ3) is 2.90. The van der Waals surface area contributed by atoms with Crippen molar-refractivity contribution < 1.29 is 4.79 Å². The van der Waals surface area contributed by atoms with Gasteiger partial charge >= 0.3 is 0 Å². The fourth-order valence-electron chi connectivity index (χ4n) is 2.11. The SMILES string of the molecule is CC(C)N(CCN)C(=O)c1ccc2ncccc2c1. The van der Waals surface area contributed by atoms with Gasteiger partial charge in [-0.05, 0) is 38.1 Å². The molecule has 19 heavy (non-hydrogen) atoms. The number of rotatable bonds is 4. The van der Waals surface area contributed by atoms with Crippen LogP contribution in [0.4, 0.5) is 0 Å². The van der Waals surface area contributed by atoms with Gasteiger partial charge in [-0.2, -0.15) is 0 Å². The zero-order chi connectivity index (χ0) is 13.8. The van der Waals surface area contributed by atoms with Gasteiger partial charge in [0.05, 0.1) is 5.52 Å². The third-order valence-corrected chi connectivity index (χ3v) is 3.10. The highest BCUT2D eigenvalue weighted by Gasteiger charge is 2.18. The largest absolute Gasteiger partial charge is 0.335 e. The van der Waals surface area contributed by atoms with Crippen LogP contribution < -0.4 is 5.73 Å². The smallest absolute Gasteiger partial charge is 0.254 e. The second kappa shape index (κ2) is 5.80. The number of amides is 1. The average molecular weight is 257 g/mol. The lowest BCUT2D eigenvalue weighted by Crippen LogP contribution is -2.40. The quantitative estimate of drug-likeness (QED) is 0.912. The topological polar surface area (TPSA) is 59.2 Å². The zero-order valence-corrected chi connectivity index (χ0v) is 11.3. The molecular weight excluding hydrogens is 238 g/mol. The minimum Gasteiger partial charge on any atom is -0.335 e. The van der Waals surface area contributed by atoms with Crippen LogP contribution in [-0.2, 0) is 0 Å². The highest BCUT2D eigenvalue weighted by Crippen LogP contribution is 2.15. The maximum absolute atomic E-state index is 12.5. The van der Waals surface area contributed by atoms with Crippen LogP contribution in [0.3, 0.4) is 0 Å². The molecule has 1 aromatic heterocycles. The Morgan fingerprint density at radius 3 is 2.84 bits per heavy atom. The molecule has 0 atom stereocenters. The van der Waals surface area contributed by atoms with Gasteiger partial charge in [0.15, 0.2) is 0 Å². The summed E-state index contributed by atoms with van der Waals surface area (Å²) >= 11 is 0. The number of carbonyl (C=O) groups excluding carboxylic acids is 1. The molecule has 4 nitrogen and oxygen atoms in total. The predicted molar refractivity (Wildman–Crippen MR) is 77.0 cm³/mol. The van der Waals surface area contributed by atoms with E-state index >= 15 is 0 Å². The molecule has 2 N–H and O–H groups in total. The Bertz CT molecular complexity index is 580. The summed E-state index contributed by atoms with van der Waals surface area (Å²) in [4.78, 5) is 18.5. The first-order valence-electron chi connectivity index (χ1n) is 6.49. The fraction of sp³-hybridized carbons (Fsp3) is 0.333. The number of pyridine rings is 1. The average Bonchev–Trinajstić information content (AvgIpc) is 2.43. The van der Waals surface area contributed by atoms with E-state index in [0.717, 1.165) is 10.9 Å². The number of fused-ring (bicyclic) bond motifs is 1. The summed E-state index contributed by atoms with van der Waals surface area (Å²) in [6, 6.07) is 9.56. The van der Waals surface area contributed by atoms with Crippen molar-refractivity contribution in [2.75, 3.05) is 13.1 Å². The van der Waals surface area contributed by atoms with Gasteiger partial charge in [-0.25, -0.2) is 0 Å². The second-order valence-electron chi connectivity index (χ2n) is 4.79. The van der Waals surface area contributed by atoms with E-state index in [4.69, 9.17) is 5.73 Å². The highest BCUT2D eigenvalue weighted by molar-refractivity contribution is 5.98. The van der Waals surface area contributed by atoms with Crippen molar-refractivity contribution >= 4 is 16.8 Å². The number of nitrogens with zero attached hydrogens (tertiary/aromatic N) is 2. The minimum absolute atomic E-state index is 0.0196. The van der Waals surface area contributed by atoms with Crippen LogP contribution >= 0.6 is 0 Å². The van der Waals surface area contributed by atoms with E-state index in [2.05, 4.69) is 4.98 Å². The molecule has 1 heterocycles. The second-order valence-corrected chi connectivity index (χ2v) is 4.79. The summed E-state index contributed by atoms with van der Waals surface area (Å²) in [7, 11) is 0. The Kier molecular flexibility index (Phi) is 4.12. The van der Waals surface area contributed by atoms with E-state index in [9.17, 15) is 4.79 Å². The van der Waals surface area contributed by atoms with Gasteiger partial charge in [0.2, 0.25) is 0 Å². The normalized spacial score (nSPS) is 10.9. The van der Waals surface area contributed by atoms with E-state index in [-0.39, 0.29) is 11.9 Å². The highest BCUT2D eigenvalue weighted by atomic mass is 16.2. The molecule has 0 aliphatic rings. The Balaban J connectivity index is 2.34. The minimum atomic E-state index is 0.0196. The number of aromatic nitrogens is 1. The van der Waals surface area contributed by atoms with Crippen LogP contribution in [-0.4, -0.2) is 34.9 Å². The lowest BCUT2D eigenvalue weighted by Gasteiger charge is -2.26. The molecule has 0 saturated carbocycles. The number of nitrogens with two attached hydrogens (primary N) is 1. The lowest BCUT2D eigenvalue weighted by atomic mass is 10.1. The van der Waals surface area contributed by atoms with E-state index < -0.39 is 0 Å². The van der Waals surface area contributed by atoms with Gasteiger partial charge in [0, 0.05) is 36.3 Å². The van der Waals surface area contributed by atoms with E-state index in [1.165, 1.54) is 0 Å². The molecule has 0 spiro atoms. The van der Waals surface area contributed by atoms with Crippen molar-refractivity contribution in [3.05, 3.63) is 42.1 Å². The lowest BCUT2D eigenvalue weighted by molar-refractivity contribution is 0.0712. The summed E-state index contributed by atoms with van der Waals surface area (Å²) in [6.07, 6.45) is 1.75. The monoisotopic (exact) mass is 257 g/mol. The maximum Gasteiger partial charge on any atom is 0.254 e. The maximum atomic E-state index is 12.5. The number of hydrogen-bond donors (Lipinski definition) is 1. The van der Waals surface area contributed by atoms with E-state index in [1.807, 2.05) is 44.2 Å². The Morgan fingerprint density at radius 2 is 2.16 bits per heavy atom. The van der Waals surface area contributed by atoms with E-state index in [0.29, 0.717) is 18.7 Å². The first-order chi connectivity index (χ1) is 9.13. The van der Waals surface area contributed by atoms with Crippen molar-refractivity contribution in [3.8, 4) is 0 Å². The van der Waals surface area contributed by atoms with Crippen LogP contribution in [0.2, 0.25) is 0 Å². The predicted octanol–water partition coefficient (Wildman–Crippen LogP) is 2.04. The van der Waals surface area contributed by atoms with Gasteiger partial charge in [0.1, 0.15) is 0 Å². The number of hydrogen-bond acceptors (Lipinski definition) is 3. The summed E-state index contributed by atoms with van der Waals surface area (Å²) in [5.41, 5.74) is 7.15. The summed E-state index contributed by atoms with van der Waals surface area (Å²) in [5, 5.41) is 0.977. The molecule has 2 aromatic rings. The molecule has 0 radical (unpaired) electrons. The van der Waals surface area contributed by atoms with Gasteiger partial charge in [-0.1, -0.05) is 6.07 Å². The van der Waals surface area contributed by atoms with Crippen LogP contribution in [0.1, 0.15) is 24.2 Å². The molecule has 100 valence electrons. The molecule has 2 rings (SSSR count). The standard InChI is InChI=1S/C15H19N3O/c1-11(2)18(9-7-16)15(19)13-5-6-14-12(10-13)4-3-8-17-14/h3-6,8,10-11H,7,9,16H2,1-2H3. The van der Waals surface area contributed by atoms with Crippen molar-refractivity contribution in [2.45, 2.75) is 19.9 Å². The first-order valence-corrected chi connectivity index (χ1v) is 6.49. The van der Waals surface area contributed by atoms with Crippen molar-refractivity contribution in [3.63, 3.8) is 0 Å². The molecule has 0 bridgehead atoms. The number of benzene rings is 1. The van der Waals surface area contributed by atoms with Crippen LogP contribution in [0.25, 0.3) is 10.9 Å². The van der Waals surface area contributed by atoms with Crippen LogP contribution in [0, 0.1) is 0 Å². The van der Waals surface area contributed by atoms with Gasteiger partial charge < -0.3 is 10.6 Å². The molecule has 1 aromatic carbocycles. The van der Waals surface area contributed by atoms with Gasteiger partial charge in [-0.3, -0.25) is 9.78 Å². The van der Waals surface area contributed by atoms with Crippen LogP contribution in [0.5, 0.6) is 0 Å². The Morgan fingerprint density at radius 1 is 1.37 bits per heavy atom. The van der Waals surface area contributed by atoms with Gasteiger partial charge in [0.25, 0.3) is 5.91 Å². The molecule has 4 heteroatoms. The van der Waals surface area contributed by atoms with Crippen molar-refractivity contribution in [1.29, 1.82) is 0 Å². The molecule has 0 aliphatic carbocycles. The van der Waals surface area contributed by atoms with Crippen molar-refractivity contribution in [2.24, 2.45) is 5.73 Å². The molecular formula is C15H19N3O. The zero-order valence-electron chi connectivity index (χ0n) is 11.3. The molecule has 0 saturated heterocycles. The van der Waals surface area contributed by atoms with Gasteiger partial charge in [-0.15, -0.1) is 0 Å². The molecule has 1 amide bonds. The van der Waals surface area contributed by atoms with E-state index in [1.54, 1.807) is 11.1 Å². The molecule has 0 fully saturated rings. The number of carbonyl (C=O) groups is 1.